The van der Waals surface area contributed by atoms with Crippen molar-refractivity contribution in [2.45, 2.75) is 26.7 Å². The summed E-state index contributed by atoms with van der Waals surface area (Å²) < 4.78 is 0. The van der Waals surface area contributed by atoms with E-state index < -0.39 is 0 Å². The van der Waals surface area contributed by atoms with Crippen LogP contribution in [0.1, 0.15) is 26.7 Å². The van der Waals surface area contributed by atoms with E-state index in [9.17, 15) is 0 Å². The molecule has 0 aromatic carbocycles. The Morgan fingerprint density at radius 2 is 2.00 bits per heavy atom. The molecule has 0 atom stereocenters. The van der Waals surface area contributed by atoms with E-state index >= 15 is 0 Å². The molecule has 0 radical (unpaired) electrons. The van der Waals surface area contributed by atoms with Crippen molar-refractivity contribution in [3.63, 3.8) is 0 Å². The number of hydrogen-bond acceptors (Lipinski definition) is 0. The molecule has 0 nitrogen and oxygen atoms in total. The number of halogens is 2. The number of allylic oxidation sites excluding steroid dienone is 4. The Balaban J connectivity index is -0.000000270. The Morgan fingerprint density at radius 3 is 2.33 bits per heavy atom. The van der Waals surface area contributed by atoms with Gasteiger partial charge in [-0.1, -0.05) is 20.3 Å². The zero-order valence-electron chi connectivity index (χ0n) is 7.46. The minimum atomic E-state index is 0. The first-order chi connectivity index (χ1) is 4.29. The molecule has 0 unspecified atom stereocenters. The van der Waals surface area contributed by atoms with Crippen LogP contribution in [0.4, 0.5) is 0 Å². The van der Waals surface area contributed by atoms with Gasteiger partial charge in [0.25, 0.3) is 0 Å². The van der Waals surface area contributed by atoms with Gasteiger partial charge in [0, 0.05) is 25.8 Å². The summed E-state index contributed by atoms with van der Waals surface area (Å²) in [5.41, 5.74) is 1.39. The fraction of sp³-hybridized carbons (Fsp3) is 0.556. The van der Waals surface area contributed by atoms with Gasteiger partial charge in [-0.3, -0.25) is 6.08 Å². The maximum absolute atomic E-state index is 3.29. The van der Waals surface area contributed by atoms with Crippen molar-refractivity contribution in [2.75, 3.05) is 0 Å². The van der Waals surface area contributed by atoms with Gasteiger partial charge in [0.1, 0.15) is 0 Å². The van der Waals surface area contributed by atoms with Gasteiger partial charge in [0.05, 0.1) is 0 Å². The van der Waals surface area contributed by atoms with Crippen LogP contribution in [0, 0.1) is 12.0 Å². The quantitative estimate of drug-likeness (QED) is 0.514. The van der Waals surface area contributed by atoms with Gasteiger partial charge in [0.15, 0.2) is 0 Å². The van der Waals surface area contributed by atoms with Crippen molar-refractivity contribution < 1.29 is 25.8 Å². The predicted octanol–water partition coefficient (Wildman–Crippen LogP) is 3.56. The van der Waals surface area contributed by atoms with Crippen LogP contribution in [0.15, 0.2) is 17.7 Å². The molecule has 1 aliphatic rings. The van der Waals surface area contributed by atoms with Crippen molar-refractivity contribution in [1.82, 2.24) is 0 Å². The maximum atomic E-state index is 3.29. The summed E-state index contributed by atoms with van der Waals surface area (Å²) in [4.78, 5) is 0. The average molecular weight is 373 g/mol. The van der Waals surface area contributed by atoms with Crippen molar-refractivity contribution in [2.24, 2.45) is 5.92 Å². The zero-order valence-corrected chi connectivity index (χ0v) is 12.7. The summed E-state index contributed by atoms with van der Waals surface area (Å²) in [6.45, 7) is 4.47. The van der Waals surface area contributed by atoms with E-state index in [1.54, 1.807) is 0 Å². The van der Waals surface area contributed by atoms with Crippen molar-refractivity contribution >= 4 is 24.8 Å². The van der Waals surface area contributed by atoms with Gasteiger partial charge < -0.3 is 0 Å². The van der Waals surface area contributed by atoms with Gasteiger partial charge in [-0.05, 0) is 5.92 Å². The molecule has 12 heavy (non-hydrogen) atoms. The molecule has 0 saturated heterocycles. The third kappa shape index (κ3) is 7.57. The summed E-state index contributed by atoms with van der Waals surface area (Å²) in [6.07, 6.45) is 9.86. The number of rotatable bonds is 2. The normalized spacial score (nSPS) is 12.8. The average Bonchev–Trinajstić information content (AvgIpc) is 2.15. The predicted molar refractivity (Wildman–Crippen MR) is 54.5 cm³/mol. The first-order valence-corrected chi connectivity index (χ1v) is 3.55. The molecule has 0 heterocycles. The molecule has 0 fully saturated rings. The Hall–Kier alpha value is 0.930. The topological polar surface area (TPSA) is 0 Å². The van der Waals surface area contributed by atoms with Gasteiger partial charge in [0.2, 0.25) is 0 Å². The molecular formula is C9H15Cl2Hf-. The van der Waals surface area contributed by atoms with E-state index in [1.165, 1.54) is 12.0 Å². The fourth-order valence-electron chi connectivity index (χ4n) is 1.03. The van der Waals surface area contributed by atoms with E-state index in [0.717, 1.165) is 12.3 Å². The summed E-state index contributed by atoms with van der Waals surface area (Å²) in [5.74, 6) is 0.773. The summed E-state index contributed by atoms with van der Waals surface area (Å²) in [5, 5.41) is 0. The molecule has 0 N–H and O–H groups in total. The van der Waals surface area contributed by atoms with Crippen LogP contribution < -0.4 is 0 Å². The third-order valence-corrected chi connectivity index (χ3v) is 1.39. The molecule has 0 spiro atoms. The summed E-state index contributed by atoms with van der Waals surface area (Å²) in [6, 6.07) is 0. The van der Waals surface area contributed by atoms with Gasteiger partial charge in [-0.25, -0.2) is 11.6 Å². The smallest absolute Gasteiger partial charge is 0 e. The molecule has 0 bridgehead atoms. The first-order valence-electron chi connectivity index (χ1n) is 3.55. The fourth-order valence-corrected chi connectivity index (χ4v) is 1.03. The Labute approximate surface area is 106 Å². The first kappa shape index (κ1) is 18.7. The number of hydrogen-bond donors (Lipinski definition) is 0. The van der Waals surface area contributed by atoms with Gasteiger partial charge >= 0.3 is 0 Å². The van der Waals surface area contributed by atoms with Crippen molar-refractivity contribution in [3.05, 3.63) is 23.8 Å². The van der Waals surface area contributed by atoms with E-state index in [0.29, 0.717) is 0 Å². The van der Waals surface area contributed by atoms with Crippen LogP contribution in [0.3, 0.4) is 0 Å². The van der Waals surface area contributed by atoms with E-state index in [4.69, 9.17) is 0 Å². The largest absolute Gasteiger partial charge is 0.269 e. The van der Waals surface area contributed by atoms with Crippen LogP contribution in [0.25, 0.3) is 0 Å². The maximum Gasteiger partial charge on any atom is 0 e. The summed E-state index contributed by atoms with van der Waals surface area (Å²) in [7, 11) is 0. The van der Waals surface area contributed by atoms with E-state index in [2.05, 4.69) is 32.1 Å². The molecule has 1 aliphatic carbocycles. The van der Waals surface area contributed by atoms with Crippen molar-refractivity contribution in [3.8, 4) is 0 Å². The molecule has 0 aliphatic heterocycles. The summed E-state index contributed by atoms with van der Waals surface area (Å²) >= 11 is 0. The van der Waals surface area contributed by atoms with Crippen LogP contribution in [0.5, 0.6) is 0 Å². The van der Waals surface area contributed by atoms with E-state index in [1.807, 2.05) is 0 Å². The molecule has 0 saturated carbocycles. The molecule has 0 amide bonds. The molecule has 70 valence electrons. The second-order valence-electron chi connectivity index (χ2n) is 2.91. The molecular weight excluding hydrogens is 357 g/mol. The minimum Gasteiger partial charge on any atom is -0.269 e. The molecule has 0 aromatic rings. The Morgan fingerprint density at radius 1 is 1.42 bits per heavy atom. The van der Waals surface area contributed by atoms with Crippen LogP contribution in [-0.4, -0.2) is 0 Å². The second kappa shape index (κ2) is 10.0. The zero-order chi connectivity index (χ0) is 6.69. The molecule has 3 heteroatoms. The van der Waals surface area contributed by atoms with Gasteiger partial charge in [-0.15, -0.1) is 31.2 Å². The van der Waals surface area contributed by atoms with Crippen LogP contribution >= 0.6 is 24.8 Å². The van der Waals surface area contributed by atoms with E-state index in [-0.39, 0.29) is 50.7 Å². The Bertz CT molecular complexity index is 151. The molecule has 0 aromatic heterocycles. The second-order valence-corrected chi connectivity index (χ2v) is 2.91. The standard InChI is InChI=1S/C9H13.2ClH.Hf/c1-8(2)7-9-5-3-4-6-9;;;/h3,5,8H,4,7H2,1-2H3;2*1H;/q-1;;;. The third-order valence-electron chi connectivity index (χ3n) is 1.39. The monoisotopic (exact) mass is 373 g/mol. The van der Waals surface area contributed by atoms with Crippen molar-refractivity contribution in [1.29, 1.82) is 0 Å². The SMILES string of the molecule is CC(C)CC1=[C-]CC=C1.Cl.Cl.[Hf]. The Kier molecular flexibility index (Phi) is 15.6. The molecule has 1 rings (SSSR count). The minimum absolute atomic E-state index is 0. The van der Waals surface area contributed by atoms with Crippen LogP contribution in [0.2, 0.25) is 0 Å². The van der Waals surface area contributed by atoms with Crippen LogP contribution in [-0.2, 0) is 25.8 Å². The van der Waals surface area contributed by atoms with Gasteiger partial charge in [-0.2, -0.15) is 6.08 Å².